The molecule has 0 saturated heterocycles. The topological polar surface area (TPSA) is 61.0 Å². The molecule has 1 rings (SSSR count). The molecule has 12 heavy (non-hydrogen) atoms. The largest absolute Gasteiger partial charge is 0.309 e. The summed E-state index contributed by atoms with van der Waals surface area (Å²) in [5.41, 5.74) is 0.553. The van der Waals surface area contributed by atoms with Crippen molar-refractivity contribution in [3.63, 3.8) is 0 Å². The van der Waals surface area contributed by atoms with Crippen LogP contribution in [0.25, 0.3) is 0 Å². The molecule has 0 saturated carbocycles. The van der Waals surface area contributed by atoms with Crippen LogP contribution in [-0.2, 0) is 0 Å². The van der Waals surface area contributed by atoms with Gasteiger partial charge in [0.2, 0.25) is 0 Å². The highest BCUT2D eigenvalue weighted by molar-refractivity contribution is 5.31. The molecule has 0 unspecified atom stereocenters. The van der Waals surface area contributed by atoms with Crippen LogP contribution in [0.3, 0.4) is 0 Å². The lowest BCUT2D eigenvalue weighted by Gasteiger charge is -2.01. The van der Waals surface area contributed by atoms with Crippen LogP contribution in [0.2, 0.25) is 0 Å². The van der Waals surface area contributed by atoms with Gasteiger partial charge in [0.1, 0.15) is 11.9 Å². The van der Waals surface area contributed by atoms with Gasteiger partial charge >= 0.3 is 5.69 Å². The van der Waals surface area contributed by atoms with Crippen LogP contribution in [0.15, 0.2) is 6.20 Å². The van der Waals surface area contributed by atoms with E-state index in [2.05, 4.69) is 5.10 Å². The normalized spacial score (nSPS) is 10.7. The first-order valence-electron chi connectivity index (χ1n) is 3.72. The Morgan fingerprint density at radius 3 is 2.50 bits per heavy atom. The standard InChI is InChI=1S/C7H11N3O2/c1-5(2)9-4-7(10(11)12)6(3)8-9/h4-5H,1-3H3. The lowest BCUT2D eigenvalue weighted by atomic mass is 10.4. The molecule has 0 atom stereocenters. The summed E-state index contributed by atoms with van der Waals surface area (Å²) in [5.74, 6) is 0. The van der Waals surface area contributed by atoms with E-state index in [1.54, 1.807) is 11.6 Å². The summed E-state index contributed by atoms with van der Waals surface area (Å²) < 4.78 is 1.59. The molecule has 0 amide bonds. The third-order valence-corrected chi connectivity index (χ3v) is 1.62. The van der Waals surface area contributed by atoms with Gasteiger partial charge in [0.15, 0.2) is 0 Å². The van der Waals surface area contributed by atoms with Crippen molar-refractivity contribution in [3.8, 4) is 0 Å². The summed E-state index contributed by atoms with van der Waals surface area (Å²) in [7, 11) is 0. The summed E-state index contributed by atoms with van der Waals surface area (Å²) in [6, 6.07) is 0.164. The predicted octanol–water partition coefficient (Wildman–Crippen LogP) is 1.68. The molecule has 1 aromatic heterocycles. The van der Waals surface area contributed by atoms with E-state index in [-0.39, 0.29) is 11.7 Å². The summed E-state index contributed by atoms with van der Waals surface area (Å²) >= 11 is 0. The monoisotopic (exact) mass is 169 g/mol. The van der Waals surface area contributed by atoms with Crippen molar-refractivity contribution < 1.29 is 4.92 Å². The third kappa shape index (κ3) is 1.44. The number of aryl methyl sites for hydroxylation is 1. The molecule has 0 bridgehead atoms. The molecular formula is C7H11N3O2. The SMILES string of the molecule is Cc1nn(C(C)C)cc1[N+](=O)[O-]. The van der Waals surface area contributed by atoms with Crippen molar-refractivity contribution in [2.24, 2.45) is 0 Å². The van der Waals surface area contributed by atoms with E-state index in [0.717, 1.165) is 0 Å². The molecule has 1 heterocycles. The van der Waals surface area contributed by atoms with Gasteiger partial charge in [-0.3, -0.25) is 14.8 Å². The molecule has 0 spiro atoms. The third-order valence-electron chi connectivity index (χ3n) is 1.62. The van der Waals surface area contributed by atoms with Gasteiger partial charge in [-0.15, -0.1) is 0 Å². The fourth-order valence-electron chi connectivity index (χ4n) is 0.916. The molecule has 0 radical (unpaired) electrons. The van der Waals surface area contributed by atoms with E-state index in [1.165, 1.54) is 6.20 Å². The quantitative estimate of drug-likeness (QED) is 0.499. The Morgan fingerprint density at radius 2 is 2.25 bits per heavy atom. The molecule has 0 aromatic carbocycles. The van der Waals surface area contributed by atoms with Gasteiger partial charge in [-0.05, 0) is 20.8 Å². The van der Waals surface area contributed by atoms with Gasteiger partial charge in [0.05, 0.1) is 4.92 Å². The van der Waals surface area contributed by atoms with E-state index < -0.39 is 4.92 Å². The Hall–Kier alpha value is -1.39. The Bertz CT molecular complexity index is 304. The molecule has 5 nitrogen and oxygen atoms in total. The van der Waals surface area contributed by atoms with Gasteiger partial charge in [-0.2, -0.15) is 5.10 Å². The highest BCUT2D eigenvalue weighted by Crippen LogP contribution is 2.17. The van der Waals surface area contributed by atoms with Gasteiger partial charge in [0, 0.05) is 6.04 Å². The maximum atomic E-state index is 10.4. The zero-order chi connectivity index (χ0) is 9.30. The van der Waals surface area contributed by atoms with Crippen molar-refractivity contribution in [3.05, 3.63) is 22.0 Å². The molecule has 1 aromatic rings. The minimum atomic E-state index is -0.415. The Balaban J connectivity index is 3.09. The number of nitro groups is 1. The van der Waals surface area contributed by atoms with Gasteiger partial charge in [0.25, 0.3) is 0 Å². The zero-order valence-electron chi connectivity index (χ0n) is 7.31. The lowest BCUT2D eigenvalue weighted by Crippen LogP contribution is -2.00. The molecule has 0 aliphatic heterocycles. The lowest BCUT2D eigenvalue weighted by molar-refractivity contribution is -0.385. The highest BCUT2D eigenvalue weighted by Gasteiger charge is 2.15. The number of hydrogen-bond acceptors (Lipinski definition) is 3. The van der Waals surface area contributed by atoms with E-state index in [0.29, 0.717) is 5.69 Å². The number of aromatic nitrogens is 2. The van der Waals surface area contributed by atoms with E-state index in [1.807, 2.05) is 13.8 Å². The van der Waals surface area contributed by atoms with Gasteiger partial charge < -0.3 is 0 Å². The second kappa shape index (κ2) is 2.92. The minimum absolute atomic E-state index is 0.0868. The van der Waals surface area contributed by atoms with Crippen LogP contribution in [-0.4, -0.2) is 14.7 Å². The van der Waals surface area contributed by atoms with Crippen LogP contribution in [0.5, 0.6) is 0 Å². The van der Waals surface area contributed by atoms with Crippen molar-refractivity contribution in [2.75, 3.05) is 0 Å². The molecule has 0 aliphatic rings. The van der Waals surface area contributed by atoms with Gasteiger partial charge in [-0.25, -0.2) is 0 Å². The number of hydrogen-bond donors (Lipinski definition) is 0. The predicted molar refractivity (Wildman–Crippen MR) is 44.0 cm³/mol. The summed E-state index contributed by atoms with van der Waals surface area (Å²) in [6.45, 7) is 5.49. The average molecular weight is 169 g/mol. The smallest absolute Gasteiger partial charge is 0.263 e. The molecule has 66 valence electrons. The van der Waals surface area contributed by atoms with Gasteiger partial charge in [-0.1, -0.05) is 0 Å². The fourth-order valence-corrected chi connectivity index (χ4v) is 0.916. The van der Waals surface area contributed by atoms with Crippen LogP contribution in [0.1, 0.15) is 25.6 Å². The number of rotatable bonds is 2. The van der Waals surface area contributed by atoms with Crippen molar-refractivity contribution in [2.45, 2.75) is 26.8 Å². The number of nitrogens with zero attached hydrogens (tertiary/aromatic N) is 3. The van der Waals surface area contributed by atoms with Crippen molar-refractivity contribution in [1.82, 2.24) is 9.78 Å². The van der Waals surface area contributed by atoms with Crippen LogP contribution < -0.4 is 0 Å². The van der Waals surface area contributed by atoms with Crippen LogP contribution in [0.4, 0.5) is 5.69 Å². The summed E-state index contributed by atoms with van der Waals surface area (Å²) in [6.07, 6.45) is 1.46. The second-order valence-corrected chi connectivity index (χ2v) is 2.93. The first-order valence-corrected chi connectivity index (χ1v) is 3.72. The van der Waals surface area contributed by atoms with Crippen LogP contribution in [0, 0.1) is 17.0 Å². The maximum absolute atomic E-state index is 10.4. The van der Waals surface area contributed by atoms with E-state index >= 15 is 0 Å². The second-order valence-electron chi connectivity index (χ2n) is 2.93. The molecular weight excluding hydrogens is 158 g/mol. The molecule has 0 N–H and O–H groups in total. The van der Waals surface area contributed by atoms with Crippen molar-refractivity contribution >= 4 is 5.69 Å². The van der Waals surface area contributed by atoms with E-state index in [4.69, 9.17) is 0 Å². The first kappa shape index (κ1) is 8.70. The molecule has 0 aliphatic carbocycles. The highest BCUT2D eigenvalue weighted by atomic mass is 16.6. The average Bonchev–Trinajstić information content (AvgIpc) is 2.30. The molecule has 5 heteroatoms. The fraction of sp³-hybridized carbons (Fsp3) is 0.571. The Morgan fingerprint density at radius 1 is 1.67 bits per heavy atom. The van der Waals surface area contributed by atoms with E-state index in [9.17, 15) is 10.1 Å². The summed E-state index contributed by atoms with van der Waals surface area (Å²) in [5, 5.41) is 14.4. The molecule has 0 fully saturated rings. The zero-order valence-corrected chi connectivity index (χ0v) is 7.31. The van der Waals surface area contributed by atoms with Crippen molar-refractivity contribution in [1.29, 1.82) is 0 Å². The first-order chi connectivity index (χ1) is 5.52. The maximum Gasteiger partial charge on any atom is 0.309 e. The minimum Gasteiger partial charge on any atom is -0.263 e. The van der Waals surface area contributed by atoms with Crippen LogP contribution >= 0.6 is 0 Å². The Labute approximate surface area is 70.2 Å². The summed E-state index contributed by atoms with van der Waals surface area (Å²) in [4.78, 5) is 9.99. The Kier molecular flexibility index (Phi) is 2.12.